The maximum Gasteiger partial charge on any atom is 0.126 e. The molecular formula is C13H18O2. The molecule has 0 aliphatic carbocycles. The largest absolute Gasteiger partial charge is 0.493 e. The van der Waals surface area contributed by atoms with E-state index in [1.54, 1.807) is 0 Å². The van der Waals surface area contributed by atoms with Crippen molar-refractivity contribution in [1.82, 2.24) is 0 Å². The summed E-state index contributed by atoms with van der Waals surface area (Å²) in [6, 6.07) is 5.87. The van der Waals surface area contributed by atoms with E-state index < -0.39 is 0 Å². The van der Waals surface area contributed by atoms with Crippen molar-refractivity contribution in [3.05, 3.63) is 36.4 Å². The highest BCUT2D eigenvalue weighted by molar-refractivity contribution is 5.45. The Morgan fingerprint density at radius 3 is 2.07 bits per heavy atom. The Morgan fingerprint density at radius 2 is 1.67 bits per heavy atom. The number of allylic oxidation sites excluding steroid dienone is 1. The van der Waals surface area contributed by atoms with Crippen molar-refractivity contribution in [2.75, 3.05) is 13.2 Å². The van der Waals surface area contributed by atoms with Crippen LogP contribution in [-0.4, -0.2) is 13.2 Å². The highest BCUT2D eigenvalue weighted by Crippen LogP contribution is 2.29. The van der Waals surface area contributed by atoms with Crippen molar-refractivity contribution in [1.29, 1.82) is 0 Å². The van der Waals surface area contributed by atoms with Crippen LogP contribution in [0.15, 0.2) is 30.9 Å². The van der Waals surface area contributed by atoms with E-state index in [1.807, 2.05) is 38.1 Å². The minimum atomic E-state index is 0.666. The lowest BCUT2D eigenvalue weighted by molar-refractivity contribution is 0.317. The van der Waals surface area contributed by atoms with Gasteiger partial charge in [0.25, 0.3) is 0 Å². The first-order valence-electron chi connectivity index (χ1n) is 5.31. The van der Waals surface area contributed by atoms with E-state index in [4.69, 9.17) is 9.47 Å². The molecule has 0 fully saturated rings. The zero-order chi connectivity index (χ0) is 11.1. The lowest BCUT2D eigenvalue weighted by Gasteiger charge is -2.13. The van der Waals surface area contributed by atoms with E-state index in [0.29, 0.717) is 13.2 Å². The summed E-state index contributed by atoms with van der Waals surface area (Å²) >= 11 is 0. The van der Waals surface area contributed by atoms with E-state index >= 15 is 0 Å². The Balaban J connectivity index is 3.02. The van der Waals surface area contributed by atoms with E-state index in [9.17, 15) is 0 Å². The van der Waals surface area contributed by atoms with Gasteiger partial charge < -0.3 is 9.47 Å². The third-order valence-electron chi connectivity index (χ3n) is 2.04. The lowest BCUT2D eigenvalue weighted by Crippen LogP contribution is -2.00. The minimum Gasteiger partial charge on any atom is -0.493 e. The van der Waals surface area contributed by atoms with Gasteiger partial charge >= 0.3 is 0 Å². The summed E-state index contributed by atoms with van der Waals surface area (Å²) in [4.78, 5) is 0. The Hall–Kier alpha value is -1.44. The summed E-state index contributed by atoms with van der Waals surface area (Å²) in [5.41, 5.74) is 1.08. The first-order chi connectivity index (χ1) is 7.33. The molecule has 0 atom stereocenters. The molecule has 15 heavy (non-hydrogen) atoms. The summed E-state index contributed by atoms with van der Waals surface area (Å²) in [5.74, 6) is 1.78. The van der Waals surface area contributed by atoms with Crippen LogP contribution in [0.5, 0.6) is 11.5 Å². The zero-order valence-corrected chi connectivity index (χ0v) is 9.45. The first-order valence-corrected chi connectivity index (χ1v) is 5.31. The van der Waals surface area contributed by atoms with Crippen LogP contribution in [0.3, 0.4) is 0 Å². The molecule has 0 radical (unpaired) electrons. The molecule has 0 saturated carbocycles. The second-order valence-corrected chi connectivity index (χ2v) is 3.09. The zero-order valence-electron chi connectivity index (χ0n) is 9.45. The smallest absolute Gasteiger partial charge is 0.126 e. The molecule has 0 bridgehead atoms. The summed E-state index contributed by atoms with van der Waals surface area (Å²) < 4.78 is 11.1. The molecule has 0 unspecified atom stereocenters. The van der Waals surface area contributed by atoms with Gasteiger partial charge in [-0.3, -0.25) is 0 Å². The second-order valence-electron chi connectivity index (χ2n) is 3.09. The van der Waals surface area contributed by atoms with Gasteiger partial charge in [-0.15, -0.1) is 6.58 Å². The van der Waals surface area contributed by atoms with Crippen LogP contribution < -0.4 is 9.47 Å². The number of benzene rings is 1. The molecule has 0 amide bonds. The van der Waals surface area contributed by atoms with Gasteiger partial charge in [-0.2, -0.15) is 0 Å². The summed E-state index contributed by atoms with van der Waals surface area (Å²) in [6.45, 7) is 9.03. The molecule has 0 aliphatic heterocycles. The molecule has 0 N–H and O–H groups in total. The van der Waals surface area contributed by atoms with E-state index in [0.717, 1.165) is 23.5 Å². The fourth-order valence-corrected chi connectivity index (χ4v) is 1.47. The topological polar surface area (TPSA) is 18.5 Å². The van der Waals surface area contributed by atoms with Crippen molar-refractivity contribution in [3.63, 3.8) is 0 Å². The van der Waals surface area contributed by atoms with Crippen LogP contribution in [-0.2, 0) is 6.42 Å². The van der Waals surface area contributed by atoms with Crippen LogP contribution in [0.4, 0.5) is 0 Å². The number of hydrogen-bond acceptors (Lipinski definition) is 2. The van der Waals surface area contributed by atoms with Crippen LogP contribution >= 0.6 is 0 Å². The molecule has 0 aliphatic rings. The van der Waals surface area contributed by atoms with E-state index in [2.05, 4.69) is 6.58 Å². The molecule has 0 aromatic heterocycles. The molecule has 0 spiro atoms. The fraction of sp³-hybridized carbons (Fsp3) is 0.385. The van der Waals surface area contributed by atoms with Crippen molar-refractivity contribution < 1.29 is 9.47 Å². The van der Waals surface area contributed by atoms with Gasteiger partial charge in [0.2, 0.25) is 0 Å². The molecule has 2 nitrogen and oxygen atoms in total. The SMILES string of the molecule is C=CCc1c(OCC)cccc1OCC. The van der Waals surface area contributed by atoms with E-state index in [-0.39, 0.29) is 0 Å². The van der Waals surface area contributed by atoms with Crippen molar-refractivity contribution in [2.24, 2.45) is 0 Å². The number of hydrogen-bond donors (Lipinski definition) is 0. The molecule has 2 heteroatoms. The quantitative estimate of drug-likeness (QED) is 0.665. The minimum absolute atomic E-state index is 0.666. The average Bonchev–Trinajstić information content (AvgIpc) is 2.23. The van der Waals surface area contributed by atoms with Crippen LogP contribution in [0, 0.1) is 0 Å². The second kappa shape index (κ2) is 6.12. The van der Waals surface area contributed by atoms with Crippen LogP contribution in [0.1, 0.15) is 19.4 Å². The van der Waals surface area contributed by atoms with Gasteiger partial charge in [-0.1, -0.05) is 12.1 Å². The molecule has 1 aromatic carbocycles. The third kappa shape index (κ3) is 3.01. The first kappa shape index (κ1) is 11.6. The third-order valence-corrected chi connectivity index (χ3v) is 2.04. The molecule has 1 aromatic rings. The summed E-state index contributed by atoms with van der Waals surface area (Å²) in [6.07, 6.45) is 2.63. The van der Waals surface area contributed by atoms with Gasteiger partial charge in [-0.05, 0) is 32.4 Å². The highest BCUT2D eigenvalue weighted by Gasteiger charge is 2.08. The number of ether oxygens (including phenoxy) is 2. The van der Waals surface area contributed by atoms with Gasteiger partial charge in [0, 0.05) is 5.56 Å². The van der Waals surface area contributed by atoms with Crippen LogP contribution in [0.25, 0.3) is 0 Å². The molecule has 0 saturated heterocycles. The Morgan fingerprint density at radius 1 is 1.13 bits per heavy atom. The van der Waals surface area contributed by atoms with Gasteiger partial charge in [0.1, 0.15) is 11.5 Å². The molecule has 0 heterocycles. The maximum atomic E-state index is 5.55. The standard InChI is InChI=1S/C13H18O2/c1-4-8-11-12(14-5-2)9-7-10-13(11)15-6-3/h4,7,9-10H,1,5-6,8H2,2-3H3. The fourth-order valence-electron chi connectivity index (χ4n) is 1.47. The van der Waals surface area contributed by atoms with Crippen molar-refractivity contribution in [3.8, 4) is 11.5 Å². The monoisotopic (exact) mass is 206 g/mol. The number of rotatable bonds is 6. The predicted octanol–water partition coefficient (Wildman–Crippen LogP) is 3.21. The van der Waals surface area contributed by atoms with E-state index in [1.165, 1.54) is 0 Å². The van der Waals surface area contributed by atoms with Crippen molar-refractivity contribution in [2.45, 2.75) is 20.3 Å². The summed E-state index contributed by atoms with van der Waals surface area (Å²) in [7, 11) is 0. The van der Waals surface area contributed by atoms with Crippen molar-refractivity contribution >= 4 is 0 Å². The van der Waals surface area contributed by atoms with Crippen LogP contribution in [0.2, 0.25) is 0 Å². The Labute approximate surface area is 91.5 Å². The van der Waals surface area contributed by atoms with Gasteiger partial charge in [0.15, 0.2) is 0 Å². The molecule has 82 valence electrons. The average molecular weight is 206 g/mol. The maximum absolute atomic E-state index is 5.55. The highest BCUT2D eigenvalue weighted by atomic mass is 16.5. The molecule has 1 rings (SSSR count). The lowest BCUT2D eigenvalue weighted by atomic mass is 10.1. The summed E-state index contributed by atoms with van der Waals surface area (Å²) in [5, 5.41) is 0. The Bertz CT molecular complexity index is 294. The Kier molecular flexibility index (Phi) is 4.75. The van der Waals surface area contributed by atoms with Gasteiger partial charge in [-0.25, -0.2) is 0 Å². The predicted molar refractivity (Wildman–Crippen MR) is 62.7 cm³/mol. The normalized spacial score (nSPS) is 9.73. The molecular weight excluding hydrogens is 188 g/mol. The van der Waals surface area contributed by atoms with Gasteiger partial charge in [0.05, 0.1) is 13.2 Å².